The number of carbonyl (C=O) groups is 2. The lowest BCUT2D eigenvalue weighted by atomic mass is 9.65. The smallest absolute Gasteiger partial charge is 0.181 e. The number of hydrogen-bond acceptors (Lipinski definition) is 4. The largest absolute Gasteiger partial charge is 0.292 e. The topological polar surface area (TPSA) is 59.9 Å². The van der Waals surface area contributed by atoms with Gasteiger partial charge in [0.05, 0.1) is 0 Å². The second-order valence-corrected chi connectivity index (χ2v) is 8.16. The summed E-state index contributed by atoms with van der Waals surface area (Å²) in [6.07, 6.45) is 10.8. The van der Waals surface area contributed by atoms with Crippen molar-refractivity contribution in [2.75, 3.05) is 0 Å². The van der Waals surface area contributed by atoms with E-state index >= 15 is 0 Å². The van der Waals surface area contributed by atoms with E-state index in [1.54, 1.807) is 24.5 Å². The van der Waals surface area contributed by atoms with E-state index in [2.05, 4.69) is 9.97 Å². The fourth-order valence-corrected chi connectivity index (χ4v) is 5.16. The standard InChI is InChI=1S/C22H24N2O2/c25-19(17-6-1-3-12-23-17)14-21-8-5-9-22(16-21,11-10-21)15-20(26)18-7-2-4-13-24-18/h1-4,6-7,12-13H,5,8-11,14-16H2. The number of Topliss-reactive ketones (excluding diaryl/α,β-unsaturated/α-hetero) is 2. The molecule has 0 aliphatic heterocycles. The summed E-state index contributed by atoms with van der Waals surface area (Å²) in [5, 5.41) is 0. The zero-order chi connectivity index (χ0) is 18.0. The summed E-state index contributed by atoms with van der Waals surface area (Å²) in [6, 6.07) is 11.0. The molecule has 0 radical (unpaired) electrons. The Labute approximate surface area is 154 Å². The molecule has 2 saturated carbocycles. The highest BCUT2D eigenvalue weighted by molar-refractivity contribution is 5.95. The van der Waals surface area contributed by atoms with Crippen LogP contribution in [0.1, 0.15) is 72.3 Å². The van der Waals surface area contributed by atoms with E-state index in [-0.39, 0.29) is 22.4 Å². The highest BCUT2D eigenvalue weighted by atomic mass is 16.1. The van der Waals surface area contributed by atoms with Gasteiger partial charge >= 0.3 is 0 Å². The highest BCUT2D eigenvalue weighted by Gasteiger charge is 2.52. The number of hydrogen-bond donors (Lipinski definition) is 0. The first-order chi connectivity index (χ1) is 12.6. The fraction of sp³-hybridized carbons (Fsp3) is 0.455. The molecule has 0 amide bonds. The molecule has 0 aromatic carbocycles. The van der Waals surface area contributed by atoms with E-state index in [0.717, 1.165) is 38.5 Å². The Balaban J connectivity index is 1.47. The van der Waals surface area contributed by atoms with Gasteiger partial charge in [0.2, 0.25) is 0 Å². The van der Waals surface area contributed by atoms with Crippen LogP contribution in [0.25, 0.3) is 0 Å². The molecule has 2 heterocycles. The van der Waals surface area contributed by atoms with Crippen LogP contribution in [0.15, 0.2) is 48.8 Å². The molecule has 2 aromatic rings. The zero-order valence-corrected chi connectivity index (χ0v) is 15.0. The molecule has 2 aliphatic rings. The molecule has 134 valence electrons. The molecule has 0 saturated heterocycles. The summed E-state index contributed by atoms with van der Waals surface area (Å²) in [7, 11) is 0. The Morgan fingerprint density at radius 2 is 1.27 bits per heavy atom. The minimum absolute atomic E-state index is 0.0528. The van der Waals surface area contributed by atoms with Crippen LogP contribution in [0.5, 0.6) is 0 Å². The van der Waals surface area contributed by atoms with Gasteiger partial charge in [0.15, 0.2) is 11.6 Å². The van der Waals surface area contributed by atoms with E-state index in [9.17, 15) is 9.59 Å². The van der Waals surface area contributed by atoms with Gasteiger partial charge in [0, 0.05) is 25.2 Å². The summed E-state index contributed by atoms with van der Waals surface area (Å²) < 4.78 is 0. The number of pyridine rings is 2. The fourth-order valence-electron chi connectivity index (χ4n) is 5.16. The lowest BCUT2D eigenvalue weighted by Gasteiger charge is -2.39. The summed E-state index contributed by atoms with van der Waals surface area (Å²) in [5.74, 6) is 0.277. The van der Waals surface area contributed by atoms with Gasteiger partial charge in [-0.1, -0.05) is 18.6 Å². The molecule has 4 rings (SSSR count). The van der Waals surface area contributed by atoms with Crippen molar-refractivity contribution in [1.29, 1.82) is 0 Å². The molecular formula is C22H24N2O2. The van der Waals surface area contributed by atoms with Gasteiger partial charge in [-0.15, -0.1) is 0 Å². The first-order valence-corrected chi connectivity index (χ1v) is 9.48. The maximum Gasteiger partial charge on any atom is 0.181 e. The van der Waals surface area contributed by atoms with Crippen LogP contribution in [0.4, 0.5) is 0 Å². The van der Waals surface area contributed by atoms with E-state index in [1.165, 1.54) is 0 Å². The molecule has 0 spiro atoms. The third-order valence-electron chi connectivity index (χ3n) is 6.32. The van der Waals surface area contributed by atoms with Crippen LogP contribution in [0.2, 0.25) is 0 Å². The second-order valence-electron chi connectivity index (χ2n) is 8.16. The van der Waals surface area contributed by atoms with Gasteiger partial charge in [-0.05, 0) is 67.2 Å². The number of fused-ring (bicyclic) bond motifs is 2. The van der Waals surface area contributed by atoms with Crippen LogP contribution in [0.3, 0.4) is 0 Å². The molecule has 2 atom stereocenters. The molecule has 4 heteroatoms. The van der Waals surface area contributed by atoms with Crippen molar-refractivity contribution in [3.05, 3.63) is 60.2 Å². The van der Waals surface area contributed by atoms with Gasteiger partial charge in [-0.3, -0.25) is 19.6 Å². The summed E-state index contributed by atoms with van der Waals surface area (Å²) >= 11 is 0. The normalized spacial score (nSPS) is 27.2. The van der Waals surface area contributed by atoms with Crippen molar-refractivity contribution in [2.45, 2.75) is 51.4 Å². The summed E-state index contributed by atoms with van der Waals surface area (Å²) in [6.45, 7) is 0. The van der Waals surface area contributed by atoms with Crippen LogP contribution >= 0.6 is 0 Å². The first-order valence-electron chi connectivity index (χ1n) is 9.48. The van der Waals surface area contributed by atoms with Gasteiger partial charge in [0.1, 0.15) is 11.4 Å². The average molecular weight is 348 g/mol. The van der Waals surface area contributed by atoms with E-state index in [4.69, 9.17) is 0 Å². The molecule has 2 aliphatic carbocycles. The molecular weight excluding hydrogens is 324 g/mol. The quantitative estimate of drug-likeness (QED) is 0.712. The van der Waals surface area contributed by atoms with E-state index in [0.29, 0.717) is 24.2 Å². The van der Waals surface area contributed by atoms with Crippen LogP contribution < -0.4 is 0 Å². The second kappa shape index (κ2) is 6.75. The van der Waals surface area contributed by atoms with Crippen molar-refractivity contribution < 1.29 is 9.59 Å². The molecule has 26 heavy (non-hydrogen) atoms. The van der Waals surface area contributed by atoms with Crippen LogP contribution in [0, 0.1) is 10.8 Å². The monoisotopic (exact) mass is 348 g/mol. The Morgan fingerprint density at radius 3 is 1.69 bits per heavy atom. The summed E-state index contributed by atoms with van der Waals surface area (Å²) in [4.78, 5) is 33.8. The van der Waals surface area contributed by atoms with Gasteiger partial charge in [-0.2, -0.15) is 0 Å². The SMILES string of the molecule is O=C(CC12CCCC(CC(=O)c3ccccn3)(CC1)C2)c1ccccn1. The van der Waals surface area contributed by atoms with Crippen molar-refractivity contribution in [1.82, 2.24) is 9.97 Å². The van der Waals surface area contributed by atoms with Gasteiger partial charge < -0.3 is 0 Å². The molecule has 2 aromatic heterocycles. The maximum absolute atomic E-state index is 12.7. The third kappa shape index (κ3) is 3.33. The maximum atomic E-state index is 12.7. The minimum Gasteiger partial charge on any atom is -0.292 e. The van der Waals surface area contributed by atoms with Gasteiger partial charge in [0.25, 0.3) is 0 Å². The Hall–Kier alpha value is -2.36. The average Bonchev–Trinajstić information content (AvgIpc) is 2.92. The Morgan fingerprint density at radius 1 is 0.769 bits per heavy atom. The molecule has 4 nitrogen and oxygen atoms in total. The first kappa shape index (κ1) is 17.1. The summed E-state index contributed by atoms with van der Waals surface area (Å²) in [5.41, 5.74) is 1.23. The van der Waals surface area contributed by atoms with Crippen molar-refractivity contribution >= 4 is 11.6 Å². The van der Waals surface area contributed by atoms with Crippen LogP contribution in [-0.2, 0) is 0 Å². The predicted molar refractivity (Wildman–Crippen MR) is 98.9 cm³/mol. The lowest BCUT2D eigenvalue weighted by molar-refractivity contribution is 0.0749. The van der Waals surface area contributed by atoms with Crippen molar-refractivity contribution in [3.63, 3.8) is 0 Å². The number of carbonyl (C=O) groups excluding carboxylic acids is 2. The van der Waals surface area contributed by atoms with E-state index in [1.807, 2.05) is 24.3 Å². The lowest BCUT2D eigenvalue weighted by Crippen LogP contribution is -2.31. The highest BCUT2D eigenvalue weighted by Crippen LogP contribution is 2.61. The molecule has 2 bridgehead atoms. The molecule has 2 unspecified atom stereocenters. The number of nitrogens with zero attached hydrogens (tertiary/aromatic N) is 2. The Kier molecular flexibility index (Phi) is 4.43. The van der Waals surface area contributed by atoms with Crippen molar-refractivity contribution in [2.24, 2.45) is 10.8 Å². The molecule has 0 N–H and O–H groups in total. The predicted octanol–water partition coefficient (Wildman–Crippen LogP) is 4.66. The number of ketones is 2. The van der Waals surface area contributed by atoms with Crippen LogP contribution in [-0.4, -0.2) is 21.5 Å². The number of aromatic nitrogens is 2. The van der Waals surface area contributed by atoms with Gasteiger partial charge in [-0.25, -0.2) is 0 Å². The Bertz CT molecular complexity index is 738. The van der Waals surface area contributed by atoms with Crippen molar-refractivity contribution in [3.8, 4) is 0 Å². The molecule has 2 fully saturated rings. The number of rotatable bonds is 6. The minimum atomic E-state index is 0.0528. The third-order valence-corrected chi connectivity index (χ3v) is 6.32. The van der Waals surface area contributed by atoms with E-state index < -0.39 is 0 Å². The zero-order valence-electron chi connectivity index (χ0n) is 15.0.